The molecule has 0 fully saturated rings. The van der Waals surface area contributed by atoms with E-state index in [2.05, 4.69) is 17.2 Å². The molecule has 1 unspecified atom stereocenters. The topological polar surface area (TPSA) is 54.4 Å². The molecule has 90 valence electrons. The van der Waals surface area contributed by atoms with E-state index >= 15 is 0 Å². The first kappa shape index (κ1) is 12.9. The number of nitrogens with one attached hydrogen (secondary N) is 1. The zero-order chi connectivity index (χ0) is 11.8. The highest BCUT2D eigenvalue weighted by Gasteiger charge is 2.06. The smallest absolute Gasteiger partial charge is 0.133 e. The van der Waals surface area contributed by atoms with Crippen LogP contribution in [0.15, 0.2) is 18.3 Å². The Morgan fingerprint density at radius 1 is 1.50 bits per heavy atom. The third-order valence-corrected chi connectivity index (χ3v) is 2.39. The van der Waals surface area contributed by atoms with Crippen molar-refractivity contribution < 1.29 is 9.84 Å². The van der Waals surface area contributed by atoms with Gasteiger partial charge in [0.15, 0.2) is 0 Å². The van der Waals surface area contributed by atoms with Gasteiger partial charge in [-0.2, -0.15) is 0 Å². The van der Waals surface area contributed by atoms with Crippen LogP contribution in [0.25, 0.3) is 0 Å². The number of ether oxygens (including phenoxy) is 1. The summed E-state index contributed by atoms with van der Waals surface area (Å²) < 4.78 is 5.14. The largest absolute Gasteiger partial charge is 0.506 e. The monoisotopic (exact) mass is 224 g/mol. The molecule has 0 spiro atoms. The fourth-order valence-corrected chi connectivity index (χ4v) is 1.56. The number of pyridine rings is 1. The van der Waals surface area contributed by atoms with E-state index in [1.807, 2.05) is 6.07 Å². The van der Waals surface area contributed by atoms with Crippen molar-refractivity contribution in [2.75, 3.05) is 13.7 Å². The molecule has 1 rings (SSSR count). The maximum atomic E-state index is 9.10. The Morgan fingerprint density at radius 3 is 2.88 bits per heavy atom. The zero-order valence-electron chi connectivity index (χ0n) is 9.94. The highest BCUT2D eigenvalue weighted by Crippen LogP contribution is 2.06. The molecule has 0 radical (unpaired) electrons. The lowest BCUT2D eigenvalue weighted by atomic mass is 10.2. The van der Waals surface area contributed by atoms with E-state index in [-0.39, 0.29) is 5.75 Å². The highest BCUT2D eigenvalue weighted by atomic mass is 16.5. The van der Waals surface area contributed by atoms with Crippen LogP contribution in [0.4, 0.5) is 0 Å². The van der Waals surface area contributed by atoms with Crippen molar-refractivity contribution in [3.8, 4) is 5.75 Å². The molecular weight excluding hydrogens is 204 g/mol. The van der Waals surface area contributed by atoms with Crippen LogP contribution < -0.4 is 5.32 Å². The minimum Gasteiger partial charge on any atom is -0.506 e. The van der Waals surface area contributed by atoms with Crippen LogP contribution in [0.5, 0.6) is 5.75 Å². The van der Waals surface area contributed by atoms with Gasteiger partial charge >= 0.3 is 0 Å². The molecule has 0 aliphatic rings. The summed E-state index contributed by atoms with van der Waals surface area (Å²) in [5, 5.41) is 12.5. The lowest BCUT2D eigenvalue weighted by Gasteiger charge is -2.16. The van der Waals surface area contributed by atoms with E-state index < -0.39 is 0 Å². The first-order valence-electron chi connectivity index (χ1n) is 5.62. The predicted octanol–water partition coefficient (Wildman–Crippen LogP) is 1.69. The Balaban J connectivity index is 2.38. The minimum absolute atomic E-state index is 0.200. The molecule has 2 N–H and O–H groups in total. The van der Waals surface area contributed by atoms with E-state index in [1.54, 1.807) is 13.2 Å². The summed E-state index contributed by atoms with van der Waals surface area (Å²) >= 11 is 0. The SMILES string of the molecule is CCCC(COC)NCc1ccc(O)cn1. The van der Waals surface area contributed by atoms with Crippen molar-refractivity contribution in [3.63, 3.8) is 0 Å². The second-order valence-electron chi connectivity index (χ2n) is 3.83. The first-order chi connectivity index (χ1) is 7.76. The molecule has 1 atom stereocenters. The number of methoxy groups -OCH3 is 1. The number of rotatable bonds is 7. The van der Waals surface area contributed by atoms with Crippen LogP contribution in [0.2, 0.25) is 0 Å². The van der Waals surface area contributed by atoms with Gasteiger partial charge in [-0.1, -0.05) is 13.3 Å². The molecular formula is C12H20N2O2. The maximum absolute atomic E-state index is 9.10. The lowest BCUT2D eigenvalue weighted by molar-refractivity contribution is 0.161. The molecule has 16 heavy (non-hydrogen) atoms. The lowest BCUT2D eigenvalue weighted by Crippen LogP contribution is -2.32. The van der Waals surface area contributed by atoms with Gasteiger partial charge in [-0.05, 0) is 18.6 Å². The normalized spacial score (nSPS) is 12.6. The fourth-order valence-electron chi connectivity index (χ4n) is 1.56. The highest BCUT2D eigenvalue weighted by molar-refractivity contribution is 5.17. The predicted molar refractivity (Wildman–Crippen MR) is 63.3 cm³/mol. The molecule has 0 bridgehead atoms. The Kier molecular flexibility index (Phi) is 5.82. The van der Waals surface area contributed by atoms with Crippen LogP contribution in [0, 0.1) is 0 Å². The van der Waals surface area contributed by atoms with E-state index in [1.165, 1.54) is 6.20 Å². The van der Waals surface area contributed by atoms with Gasteiger partial charge in [0.05, 0.1) is 18.5 Å². The summed E-state index contributed by atoms with van der Waals surface area (Å²) in [6.07, 6.45) is 3.68. The summed E-state index contributed by atoms with van der Waals surface area (Å²) in [5.41, 5.74) is 0.926. The molecule has 0 aromatic carbocycles. The average Bonchev–Trinajstić information content (AvgIpc) is 2.29. The van der Waals surface area contributed by atoms with Gasteiger partial charge in [0.1, 0.15) is 5.75 Å². The first-order valence-corrected chi connectivity index (χ1v) is 5.62. The Labute approximate surface area is 96.7 Å². The van der Waals surface area contributed by atoms with Gasteiger partial charge in [-0.15, -0.1) is 0 Å². The molecule has 0 aliphatic heterocycles. The summed E-state index contributed by atoms with van der Waals surface area (Å²) in [7, 11) is 1.71. The molecule has 4 nitrogen and oxygen atoms in total. The second-order valence-corrected chi connectivity index (χ2v) is 3.83. The standard InChI is InChI=1S/C12H20N2O2/c1-3-4-11(9-16-2)13-7-10-5-6-12(15)8-14-10/h5-6,8,11,13,15H,3-4,7,9H2,1-2H3. The molecule has 0 aliphatic carbocycles. The zero-order valence-corrected chi connectivity index (χ0v) is 9.94. The Morgan fingerprint density at radius 2 is 2.31 bits per heavy atom. The van der Waals surface area contributed by atoms with Gasteiger partial charge in [-0.25, -0.2) is 0 Å². The molecule has 1 heterocycles. The van der Waals surface area contributed by atoms with Gasteiger partial charge in [0, 0.05) is 19.7 Å². The molecule has 0 saturated carbocycles. The number of nitrogens with zero attached hydrogens (tertiary/aromatic N) is 1. The van der Waals surface area contributed by atoms with Crippen LogP contribution >= 0.6 is 0 Å². The minimum atomic E-state index is 0.200. The van der Waals surface area contributed by atoms with E-state index in [0.717, 1.165) is 18.5 Å². The molecule has 0 amide bonds. The van der Waals surface area contributed by atoms with Crippen molar-refractivity contribution in [1.82, 2.24) is 10.3 Å². The van der Waals surface area contributed by atoms with Crippen molar-refractivity contribution in [2.45, 2.75) is 32.4 Å². The molecule has 1 aromatic heterocycles. The molecule has 0 saturated heterocycles. The quantitative estimate of drug-likeness (QED) is 0.740. The number of aromatic nitrogens is 1. The third-order valence-electron chi connectivity index (χ3n) is 2.39. The van der Waals surface area contributed by atoms with Gasteiger partial charge in [0.2, 0.25) is 0 Å². The van der Waals surface area contributed by atoms with Crippen molar-refractivity contribution >= 4 is 0 Å². The summed E-state index contributed by atoms with van der Waals surface area (Å²) in [5.74, 6) is 0.200. The van der Waals surface area contributed by atoms with Crippen molar-refractivity contribution in [1.29, 1.82) is 0 Å². The third kappa shape index (κ3) is 4.59. The van der Waals surface area contributed by atoms with Crippen molar-refractivity contribution in [3.05, 3.63) is 24.0 Å². The van der Waals surface area contributed by atoms with Gasteiger partial charge in [0.25, 0.3) is 0 Å². The van der Waals surface area contributed by atoms with Crippen LogP contribution in [0.3, 0.4) is 0 Å². The Hall–Kier alpha value is -1.13. The number of aromatic hydroxyl groups is 1. The van der Waals surface area contributed by atoms with Crippen molar-refractivity contribution in [2.24, 2.45) is 0 Å². The second kappa shape index (κ2) is 7.19. The van der Waals surface area contributed by atoms with Gasteiger partial charge in [-0.3, -0.25) is 4.98 Å². The van der Waals surface area contributed by atoms with Crippen LogP contribution in [0.1, 0.15) is 25.5 Å². The molecule has 4 heteroatoms. The van der Waals surface area contributed by atoms with E-state index in [4.69, 9.17) is 9.84 Å². The number of hydrogen-bond acceptors (Lipinski definition) is 4. The maximum Gasteiger partial charge on any atom is 0.133 e. The van der Waals surface area contributed by atoms with E-state index in [0.29, 0.717) is 19.2 Å². The van der Waals surface area contributed by atoms with Crippen LogP contribution in [-0.2, 0) is 11.3 Å². The van der Waals surface area contributed by atoms with Gasteiger partial charge < -0.3 is 15.2 Å². The summed E-state index contributed by atoms with van der Waals surface area (Å²) in [6.45, 7) is 3.57. The van der Waals surface area contributed by atoms with Crippen LogP contribution in [-0.4, -0.2) is 29.8 Å². The number of hydrogen-bond donors (Lipinski definition) is 2. The summed E-state index contributed by atoms with van der Waals surface area (Å²) in [6, 6.07) is 3.83. The molecule has 1 aromatic rings. The Bertz CT molecular complexity index is 282. The van der Waals surface area contributed by atoms with E-state index in [9.17, 15) is 0 Å². The summed E-state index contributed by atoms with van der Waals surface area (Å²) in [4.78, 5) is 4.12. The average molecular weight is 224 g/mol. The fraction of sp³-hybridized carbons (Fsp3) is 0.583.